The van der Waals surface area contributed by atoms with Gasteiger partial charge in [-0.25, -0.2) is 0 Å². The van der Waals surface area contributed by atoms with Crippen molar-refractivity contribution in [3.63, 3.8) is 0 Å². The summed E-state index contributed by atoms with van der Waals surface area (Å²) < 4.78 is 5.89. The zero-order valence-corrected chi connectivity index (χ0v) is 17.0. The highest BCUT2D eigenvalue weighted by atomic mass is 35.5. The molecule has 5 nitrogen and oxygen atoms in total. The third-order valence-corrected chi connectivity index (χ3v) is 5.46. The number of rotatable bonds is 7. The van der Waals surface area contributed by atoms with Crippen LogP contribution < -0.4 is 21.1 Å². The second-order valence-electron chi connectivity index (χ2n) is 6.68. The molecule has 0 atom stereocenters. The van der Waals surface area contributed by atoms with Gasteiger partial charge in [-0.1, -0.05) is 35.3 Å². The lowest BCUT2D eigenvalue weighted by Crippen LogP contribution is -2.37. The van der Waals surface area contributed by atoms with Gasteiger partial charge in [0.2, 0.25) is 0 Å². The van der Waals surface area contributed by atoms with E-state index in [0.29, 0.717) is 33.1 Å². The van der Waals surface area contributed by atoms with E-state index in [9.17, 15) is 0 Å². The summed E-state index contributed by atoms with van der Waals surface area (Å²) in [5.74, 6) is 0.531. The quantitative estimate of drug-likeness (QED) is 0.394. The fourth-order valence-corrected chi connectivity index (χ4v) is 3.57. The van der Waals surface area contributed by atoms with Gasteiger partial charge < -0.3 is 26.5 Å². The number of hydrogen-bond donors (Lipinski definition) is 4. The van der Waals surface area contributed by atoms with Crippen molar-refractivity contribution in [2.75, 3.05) is 18.8 Å². The van der Waals surface area contributed by atoms with Gasteiger partial charge in [0, 0.05) is 39.6 Å². The molecule has 0 aliphatic carbocycles. The fraction of sp³-hybridized carbons (Fsp3) is 0.286. The molecule has 1 saturated heterocycles. The molecule has 2 aromatic rings. The Balaban J connectivity index is 1.74. The Hall–Kier alpha value is -2.21. The first kappa shape index (κ1) is 20.5. The van der Waals surface area contributed by atoms with E-state index in [2.05, 4.69) is 10.6 Å². The molecule has 0 unspecified atom stereocenters. The number of hydrogen-bond acceptors (Lipinski definition) is 5. The number of anilines is 1. The molecule has 5 N–H and O–H groups in total. The lowest BCUT2D eigenvalue weighted by Gasteiger charge is -2.23. The third-order valence-electron chi connectivity index (χ3n) is 4.75. The number of piperidine rings is 1. The zero-order valence-electron chi connectivity index (χ0n) is 15.5. The molecule has 0 aromatic heterocycles. The Morgan fingerprint density at radius 1 is 1.21 bits per heavy atom. The largest absolute Gasteiger partial charge is 0.487 e. The molecular formula is C21H24Cl2N4O. The van der Waals surface area contributed by atoms with E-state index in [1.54, 1.807) is 24.3 Å². The van der Waals surface area contributed by atoms with Crippen LogP contribution in [-0.4, -0.2) is 25.3 Å². The predicted octanol–water partition coefficient (Wildman–Crippen LogP) is 4.49. The summed E-state index contributed by atoms with van der Waals surface area (Å²) in [6.45, 7) is 2.23. The molecular weight excluding hydrogens is 395 g/mol. The van der Waals surface area contributed by atoms with Gasteiger partial charge in [-0.2, -0.15) is 0 Å². The Morgan fingerprint density at radius 3 is 2.61 bits per heavy atom. The Kier molecular flexibility index (Phi) is 7.20. The highest BCUT2D eigenvalue weighted by Gasteiger charge is 2.12. The molecule has 0 bridgehead atoms. The molecule has 3 rings (SSSR count). The standard InChI is InChI=1S/C21H24Cl2N4O/c22-18-2-1-3-19(23)17(18)13-28-21-10-14(4-5-20(21)25)15(11-24)12-27-16-6-8-26-9-7-16/h1-5,10-12,16,24,26-27H,6-9,13,25H2/b15-12+,24-11?. The van der Waals surface area contributed by atoms with Crippen LogP contribution in [0.1, 0.15) is 24.0 Å². The van der Waals surface area contributed by atoms with Crippen molar-refractivity contribution in [1.29, 1.82) is 5.41 Å². The van der Waals surface area contributed by atoms with Gasteiger partial charge in [-0.05, 0) is 55.8 Å². The lowest BCUT2D eigenvalue weighted by molar-refractivity contribution is 0.308. The van der Waals surface area contributed by atoms with Crippen LogP contribution in [0.5, 0.6) is 5.75 Å². The molecule has 1 heterocycles. The first-order valence-corrected chi connectivity index (χ1v) is 9.97. The number of halogens is 2. The lowest BCUT2D eigenvalue weighted by atomic mass is 10.0. The summed E-state index contributed by atoms with van der Waals surface area (Å²) in [7, 11) is 0. The second kappa shape index (κ2) is 9.82. The maximum absolute atomic E-state index is 7.78. The Morgan fingerprint density at radius 2 is 1.93 bits per heavy atom. The maximum atomic E-state index is 7.78. The predicted molar refractivity (Wildman–Crippen MR) is 117 cm³/mol. The minimum Gasteiger partial charge on any atom is -0.487 e. The summed E-state index contributed by atoms with van der Waals surface area (Å²) in [6, 6.07) is 11.2. The third kappa shape index (κ3) is 5.19. The van der Waals surface area contributed by atoms with E-state index in [4.69, 9.17) is 39.1 Å². The molecule has 28 heavy (non-hydrogen) atoms. The monoisotopic (exact) mass is 418 g/mol. The topological polar surface area (TPSA) is 83.2 Å². The number of nitrogen functional groups attached to an aromatic ring is 1. The Bertz CT molecular complexity index is 843. The Labute approximate surface area is 175 Å². The summed E-state index contributed by atoms with van der Waals surface area (Å²) in [5, 5.41) is 15.6. The van der Waals surface area contributed by atoms with Crippen molar-refractivity contribution in [2.45, 2.75) is 25.5 Å². The normalized spacial score (nSPS) is 15.3. The van der Waals surface area contributed by atoms with Crippen molar-refractivity contribution < 1.29 is 4.74 Å². The SMILES string of the molecule is N=C/C(=C\NC1CCNCC1)c1ccc(N)c(OCc2c(Cl)cccc2Cl)c1. The molecule has 1 aliphatic rings. The number of ether oxygens (including phenoxy) is 1. The number of benzene rings is 2. The van der Waals surface area contributed by atoms with Crippen LogP contribution >= 0.6 is 23.2 Å². The van der Waals surface area contributed by atoms with Crippen LogP contribution in [0.15, 0.2) is 42.6 Å². The van der Waals surface area contributed by atoms with Crippen LogP contribution in [-0.2, 0) is 6.61 Å². The average Bonchev–Trinajstić information content (AvgIpc) is 2.70. The second-order valence-corrected chi connectivity index (χ2v) is 7.49. The van der Waals surface area contributed by atoms with Gasteiger partial charge in [-0.15, -0.1) is 0 Å². The van der Waals surface area contributed by atoms with Gasteiger partial charge in [0.1, 0.15) is 12.4 Å². The molecule has 0 amide bonds. The van der Waals surface area contributed by atoms with Gasteiger partial charge in [0.15, 0.2) is 0 Å². The molecule has 7 heteroatoms. The van der Waals surface area contributed by atoms with Crippen molar-refractivity contribution in [2.24, 2.45) is 0 Å². The van der Waals surface area contributed by atoms with E-state index in [1.807, 2.05) is 18.3 Å². The molecule has 0 radical (unpaired) electrons. The average molecular weight is 419 g/mol. The van der Waals surface area contributed by atoms with Crippen LogP contribution in [0.3, 0.4) is 0 Å². The van der Waals surface area contributed by atoms with Crippen molar-refractivity contribution >= 4 is 40.7 Å². The summed E-state index contributed by atoms with van der Waals surface area (Å²) in [4.78, 5) is 0. The maximum Gasteiger partial charge on any atom is 0.143 e. The summed E-state index contributed by atoms with van der Waals surface area (Å²) in [6.07, 6.45) is 5.35. The minimum atomic E-state index is 0.211. The molecule has 1 aliphatic heterocycles. The van der Waals surface area contributed by atoms with Crippen LogP contribution in [0.4, 0.5) is 5.69 Å². The summed E-state index contributed by atoms with van der Waals surface area (Å²) in [5.41, 5.74) is 8.92. The molecule has 1 fully saturated rings. The minimum absolute atomic E-state index is 0.211. The van der Waals surface area contributed by atoms with Crippen LogP contribution in [0.2, 0.25) is 10.0 Å². The van der Waals surface area contributed by atoms with Gasteiger partial charge >= 0.3 is 0 Å². The first-order chi connectivity index (χ1) is 13.6. The van der Waals surface area contributed by atoms with Crippen molar-refractivity contribution in [1.82, 2.24) is 10.6 Å². The van der Waals surface area contributed by atoms with E-state index < -0.39 is 0 Å². The van der Waals surface area contributed by atoms with E-state index in [1.165, 1.54) is 6.21 Å². The van der Waals surface area contributed by atoms with E-state index in [-0.39, 0.29) is 6.61 Å². The van der Waals surface area contributed by atoms with Crippen LogP contribution in [0, 0.1) is 5.41 Å². The molecule has 0 spiro atoms. The van der Waals surface area contributed by atoms with Crippen LogP contribution in [0.25, 0.3) is 5.57 Å². The molecule has 148 valence electrons. The van der Waals surface area contributed by atoms with Crippen molar-refractivity contribution in [3.8, 4) is 5.75 Å². The molecule has 2 aromatic carbocycles. The highest BCUT2D eigenvalue weighted by Crippen LogP contribution is 2.30. The zero-order chi connectivity index (χ0) is 19.9. The van der Waals surface area contributed by atoms with E-state index >= 15 is 0 Å². The molecule has 0 saturated carbocycles. The van der Waals surface area contributed by atoms with Gasteiger partial charge in [0.05, 0.1) is 5.69 Å². The highest BCUT2D eigenvalue weighted by molar-refractivity contribution is 6.35. The van der Waals surface area contributed by atoms with E-state index in [0.717, 1.165) is 37.1 Å². The van der Waals surface area contributed by atoms with Gasteiger partial charge in [0.25, 0.3) is 0 Å². The fourth-order valence-electron chi connectivity index (χ4n) is 3.06. The first-order valence-electron chi connectivity index (χ1n) is 9.21. The number of nitrogens with one attached hydrogen (secondary N) is 3. The van der Waals surface area contributed by atoms with Crippen molar-refractivity contribution in [3.05, 3.63) is 63.8 Å². The number of nitrogens with two attached hydrogens (primary N) is 1. The number of allylic oxidation sites excluding steroid dienone is 1. The van der Waals surface area contributed by atoms with Gasteiger partial charge in [-0.3, -0.25) is 0 Å². The summed E-state index contributed by atoms with van der Waals surface area (Å²) >= 11 is 12.4. The smallest absolute Gasteiger partial charge is 0.143 e.